The smallest absolute Gasteiger partial charge is 0.264 e. The highest BCUT2D eigenvalue weighted by molar-refractivity contribution is 7.92. The molecule has 0 spiro atoms. The Labute approximate surface area is 212 Å². The number of hydrogen-bond acceptors (Lipinski definition) is 4. The summed E-state index contributed by atoms with van der Waals surface area (Å²) in [4.78, 5) is 13.0. The zero-order valence-electron chi connectivity index (χ0n) is 20.7. The number of sulfonamides is 1. The average molecular weight is 503 g/mol. The van der Waals surface area contributed by atoms with Crippen LogP contribution >= 0.6 is 0 Å². The van der Waals surface area contributed by atoms with Crippen LogP contribution in [0.4, 0.5) is 5.69 Å². The van der Waals surface area contributed by atoms with Gasteiger partial charge in [0.1, 0.15) is 18.9 Å². The number of aryl methyl sites for hydroxylation is 3. The number of ether oxygens (including phenoxy) is 1. The van der Waals surface area contributed by atoms with Crippen LogP contribution in [0.5, 0.6) is 5.75 Å². The van der Waals surface area contributed by atoms with E-state index in [4.69, 9.17) is 4.74 Å². The minimum absolute atomic E-state index is 0.139. The van der Waals surface area contributed by atoms with Crippen LogP contribution in [0.25, 0.3) is 10.8 Å². The number of amides is 1. The van der Waals surface area contributed by atoms with E-state index in [1.54, 1.807) is 36.4 Å². The Hall–Kier alpha value is -3.84. The van der Waals surface area contributed by atoms with Gasteiger partial charge >= 0.3 is 0 Å². The van der Waals surface area contributed by atoms with E-state index in [9.17, 15) is 13.2 Å². The molecule has 0 saturated heterocycles. The van der Waals surface area contributed by atoms with E-state index in [0.717, 1.165) is 31.8 Å². The van der Waals surface area contributed by atoms with Crippen molar-refractivity contribution in [3.8, 4) is 5.75 Å². The van der Waals surface area contributed by atoms with Gasteiger partial charge in [-0.1, -0.05) is 54.1 Å². The van der Waals surface area contributed by atoms with E-state index in [1.807, 2.05) is 69.3 Å². The molecule has 0 aliphatic carbocycles. The Kier molecular flexibility index (Phi) is 7.60. The van der Waals surface area contributed by atoms with E-state index < -0.39 is 15.9 Å². The van der Waals surface area contributed by atoms with Gasteiger partial charge < -0.3 is 10.1 Å². The van der Waals surface area contributed by atoms with Crippen LogP contribution in [0, 0.1) is 20.8 Å². The van der Waals surface area contributed by atoms with Crippen molar-refractivity contribution in [2.75, 3.05) is 24.0 Å². The monoisotopic (exact) mass is 502 g/mol. The van der Waals surface area contributed by atoms with Crippen molar-refractivity contribution in [1.82, 2.24) is 5.32 Å². The molecule has 0 bridgehead atoms. The first-order valence-corrected chi connectivity index (χ1v) is 13.2. The number of benzene rings is 4. The van der Waals surface area contributed by atoms with Crippen molar-refractivity contribution in [2.45, 2.75) is 25.7 Å². The number of nitrogens with one attached hydrogen (secondary N) is 1. The van der Waals surface area contributed by atoms with E-state index in [2.05, 4.69) is 5.32 Å². The van der Waals surface area contributed by atoms with Gasteiger partial charge in [0.2, 0.25) is 5.91 Å². The SMILES string of the molecule is Cc1ccc(S(=O)(=O)N(CC(=O)NCCOc2ccc3ccccc3c2)c2cc(C)cc(C)c2)cc1. The number of anilines is 1. The molecule has 0 aliphatic heterocycles. The van der Waals surface area contributed by atoms with Crippen LogP contribution in [0.15, 0.2) is 89.8 Å². The quantitative estimate of drug-likeness (QED) is 0.321. The largest absolute Gasteiger partial charge is 0.492 e. The fourth-order valence-corrected chi connectivity index (χ4v) is 5.45. The van der Waals surface area contributed by atoms with Crippen LogP contribution < -0.4 is 14.4 Å². The molecule has 0 heterocycles. The lowest BCUT2D eigenvalue weighted by molar-refractivity contribution is -0.119. The Morgan fingerprint density at radius 3 is 2.17 bits per heavy atom. The summed E-state index contributed by atoms with van der Waals surface area (Å²) in [6.45, 7) is 5.87. The normalized spacial score (nSPS) is 11.3. The molecular weight excluding hydrogens is 472 g/mol. The van der Waals surface area contributed by atoms with Gasteiger partial charge in [-0.2, -0.15) is 0 Å². The number of nitrogens with zero attached hydrogens (tertiary/aromatic N) is 1. The van der Waals surface area contributed by atoms with Crippen molar-refractivity contribution in [2.24, 2.45) is 0 Å². The minimum atomic E-state index is -3.95. The molecule has 36 heavy (non-hydrogen) atoms. The zero-order chi connectivity index (χ0) is 25.7. The van der Waals surface area contributed by atoms with Crippen LogP contribution in [0.2, 0.25) is 0 Å². The summed E-state index contributed by atoms with van der Waals surface area (Å²) in [6.07, 6.45) is 0. The lowest BCUT2D eigenvalue weighted by atomic mass is 10.1. The van der Waals surface area contributed by atoms with Crippen LogP contribution in [-0.2, 0) is 14.8 Å². The summed E-state index contributed by atoms with van der Waals surface area (Å²) in [5, 5.41) is 4.98. The third-order valence-electron chi connectivity index (χ3n) is 5.80. The summed E-state index contributed by atoms with van der Waals surface area (Å²) >= 11 is 0. The molecule has 1 amide bonds. The second kappa shape index (κ2) is 10.8. The second-order valence-electron chi connectivity index (χ2n) is 8.88. The summed E-state index contributed by atoms with van der Waals surface area (Å²) in [5.74, 6) is 0.300. The van der Waals surface area contributed by atoms with Crippen LogP contribution in [-0.4, -0.2) is 34.0 Å². The lowest BCUT2D eigenvalue weighted by Gasteiger charge is -2.25. The molecule has 4 rings (SSSR count). The Morgan fingerprint density at radius 2 is 1.47 bits per heavy atom. The molecule has 0 fully saturated rings. The lowest BCUT2D eigenvalue weighted by Crippen LogP contribution is -2.42. The third-order valence-corrected chi connectivity index (χ3v) is 7.59. The second-order valence-corrected chi connectivity index (χ2v) is 10.7. The average Bonchev–Trinajstić information content (AvgIpc) is 2.84. The maximum absolute atomic E-state index is 13.5. The molecule has 0 aromatic heterocycles. The van der Waals surface area contributed by atoms with Gasteiger partial charge in [0, 0.05) is 0 Å². The molecule has 1 N–H and O–H groups in total. The molecule has 6 nitrogen and oxygen atoms in total. The molecule has 7 heteroatoms. The van der Waals surface area contributed by atoms with E-state index >= 15 is 0 Å². The van der Waals surface area contributed by atoms with Gasteiger partial charge in [-0.25, -0.2) is 8.42 Å². The highest BCUT2D eigenvalue weighted by Crippen LogP contribution is 2.26. The number of carbonyl (C=O) groups excluding carboxylic acids is 1. The molecule has 0 radical (unpaired) electrons. The topological polar surface area (TPSA) is 75.7 Å². The van der Waals surface area contributed by atoms with Gasteiger partial charge in [-0.3, -0.25) is 9.10 Å². The van der Waals surface area contributed by atoms with Crippen molar-refractivity contribution < 1.29 is 17.9 Å². The maximum atomic E-state index is 13.5. The molecular formula is C29H30N2O4S. The molecule has 0 saturated carbocycles. The Balaban J connectivity index is 1.45. The summed E-state index contributed by atoms with van der Waals surface area (Å²) in [6, 6.07) is 26.0. The molecule has 0 aliphatic rings. The Morgan fingerprint density at radius 1 is 0.806 bits per heavy atom. The van der Waals surface area contributed by atoms with Crippen molar-refractivity contribution in [1.29, 1.82) is 0 Å². The summed E-state index contributed by atoms with van der Waals surface area (Å²) in [7, 11) is -3.95. The van der Waals surface area contributed by atoms with Crippen molar-refractivity contribution >= 4 is 32.4 Å². The predicted molar refractivity (Wildman–Crippen MR) is 144 cm³/mol. The van der Waals surface area contributed by atoms with Crippen molar-refractivity contribution in [3.63, 3.8) is 0 Å². The van der Waals surface area contributed by atoms with Gasteiger partial charge in [-0.15, -0.1) is 0 Å². The number of rotatable bonds is 9. The van der Waals surface area contributed by atoms with E-state index in [-0.39, 0.29) is 24.6 Å². The Bertz CT molecular complexity index is 1460. The van der Waals surface area contributed by atoms with Crippen LogP contribution in [0.3, 0.4) is 0 Å². The summed E-state index contributed by atoms with van der Waals surface area (Å²) in [5.41, 5.74) is 3.24. The van der Waals surface area contributed by atoms with Gasteiger partial charge in [0.25, 0.3) is 10.0 Å². The minimum Gasteiger partial charge on any atom is -0.492 e. The van der Waals surface area contributed by atoms with E-state index in [0.29, 0.717) is 11.4 Å². The van der Waals surface area contributed by atoms with Gasteiger partial charge in [-0.05, 0) is 79.1 Å². The molecule has 0 atom stereocenters. The molecule has 4 aromatic carbocycles. The standard InChI is InChI=1S/C29H30N2O4S/c1-21-8-12-28(13-9-21)36(33,34)31(26-17-22(2)16-23(3)18-26)20-29(32)30-14-15-35-27-11-10-24-6-4-5-7-25(24)19-27/h4-13,16-19H,14-15,20H2,1-3H3,(H,30,32). The fraction of sp³-hybridized carbons (Fsp3) is 0.207. The highest BCUT2D eigenvalue weighted by atomic mass is 32.2. The number of hydrogen-bond donors (Lipinski definition) is 1. The van der Waals surface area contributed by atoms with Gasteiger partial charge in [0.15, 0.2) is 0 Å². The first-order valence-electron chi connectivity index (χ1n) is 11.8. The molecule has 4 aromatic rings. The highest BCUT2D eigenvalue weighted by Gasteiger charge is 2.27. The zero-order valence-corrected chi connectivity index (χ0v) is 21.5. The number of carbonyl (C=O) groups is 1. The maximum Gasteiger partial charge on any atom is 0.264 e. The predicted octanol–water partition coefficient (Wildman–Crippen LogP) is 5.16. The van der Waals surface area contributed by atoms with Gasteiger partial charge in [0.05, 0.1) is 17.1 Å². The fourth-order valence-electron chi connectivity index (χ4n) is 4.05. The van der Waals surface area contributed by atoms with E-state index in [1.165, 1.54) is 0 Å². The van der Waals surface area contributed by atoms with Crippen molar-refractivity contribution in [3.05, 3.63) is 102 Å². The summed E-state index contributed by atoms with van der Waals surface area (Å²) < 4.78 is 34.0. The first kappa shape index (κ1) is 25.3. The number of fused-ring (bicyclic) bond motifs is 1. The first-order chi connectivity index (χ1) is 17.2. The van der Waals surface area contributed by atoms with Crippen LogP contribution in [0.1, 0.15) is 16.7 Å². The molecule has 186 valence electrons. The third kappa shape index (κ3) is 6.04. The molecule has 0 unspecified atom stereocenters.